The van der Waals surface area contributed by atoms with Crippen molar-refractivity contribution in [2.45, 2.75) is 224 Å². The van der Waals surface area contributed by atoms with Crippen molar-refractivity contribution in [2.75, 3.05) is 6.61 Å². The summed E-state index contributed by atoms with van der Waals surface area (Å²) < 4.78 is 0. The summed E-state index contributed by atoms with van der Waals surface area (Å²) in [5, 5.41) is 42.4. The normalized spacial score (nSPS) is 14.5. The smallest absolute Gasteiger partial charge is 0.249 e. The van der Waals surface area contributed by atoms with E-state index in [1.54, 1.807) is 0 Å². The van der Waals surface area contributed by atoms with Crippen molar-refractivity contribution in [1.82, 2.24) is 5.32 Å². The Morgan fingerprint density at radius 2 is 0.814 bits per heavy atom. The molecule has 0 rings (SSSR count). The van der Waals surface area contributed by atoms with Crippen LogP contribution in [0.15, 0.2) is 0 Å². The first-order valence-electron chi connectivity index (χ1n) is 18.9. The molecule has 6 nitrogen and oxygen atoms in total. The van der Waals surface area contributed by atoms with E-state index in [9.17, 15) is 25.2 Å². The third kappa shape index (κ3) is 27.4. The van der Waals surface area contributed by atoms with E-state index in [0.717, 1.165) is 32.1 Å². The SMILES string of the molecule is CCCCCCCCCCCCCCCCCCCCCCCCCCCC(O)C(=O)NC(CO)C(O)C(O)CCCC. The summed E-state index contributed by atoms with van der Waals surface area (Å²) in [6, 6.07) is -0.974. The van der Waals surface area contributed by atoms with E-state index in [0.29, 0.717) is 12.8 Å². The Balaban J connectivity index is 3.44. The molecule has 0 heterocycles. The van der Waals surface area contributed by atoms with Crippen LogP contribution in [0.3, 0.4) is 0 Å². The van der Waals surface area contributed by atoms with Crippen molar-refractivity contribution in [3.05, 3.63) is 0 Å². The van der Waals surface area contributed by atoms with Crippen LogP contribution in [0.2, 0.25) is 0 Å². The zero-order valence-corrected chi connectivity index (χ0v) is 28.7. The molecule has 1 amide bonds. The fraction of sp³-hybridized carbons (Fsp3) is 0.973. The van der Waals surface area contributed by atoms with Crippen molar-refractivity contribution in [3.8, 4) is 0 Å². The van der Waals surface area contributed by atoms with E-state index in [-0.39, 0.29) is 0 Å². The Hall–Kier alpha value is -0.690. The number of carbonyl (C=O) groups excluding carboxylic acids is 1. The first-order chi connectivity index (χ1) is 21.0. The second-order valence-corrected chi connectivity index (χ2v) is 13.3. The number of carbonyl (C=O) groups is 1. The van der Waals surface area contributed by atoms with Gasteiger partial charge < -0.3 is 25.7 Å². The molecular weight excluding hydrogens is 538 g/mol. The number of nitrogens with one attached hydrogen (secondary N) is 1. The number of hydrogen-bond acceptors (Lipinski definition) is 5. The van der Waals surface area contributed by atoms with Gasteiger partial charge in [0.25, 0.3) is 0 Å². The fourth-order valence-electron chi connectivity index (χ4n) is 5.98. The van der Waals surface area contributed by atoms with Gasteiger partial charge in [-0.1, -0.05) is 187 Å². The Morgan fingerprint density at radius 1 is 0.488 bits per heavy atom. The molecule has 0 aliphatic carbocycles. The molecule has 0 aromatic heterocycles. The number of aliphatic hydroxyl groups excluding tert-OH is 4. The lowest BCUT2D eigenvalue weighted by Crippen LogP contribution is -2.53. The molecule has 0 aliphatic heterocycles. The number of hydrogen-bond donors (Lipinski definition) is 5. The highest BCUT2D eigenvalue weighted by Gasteiger charge is 2.28. The maximum absolute atomic E-state index is 12.3. The minimum atomic E-state index is -1.25. The topological polar surface area (TPSA) is 110 Å². The Bertz CT molecular complexity index is 575. The molecular formula is C37H75NO5. The van der Waals surface area contributed by atoms with Crippen LogP contribution in [0.5, 0.6) is 0 Å². The molecule has 0 saturated carbocycles. The zero-order chi connectivity index (χ0) is 31.8. The first kappa shape index (κ1) is 42.3. The van der Waals surface area contributed by atoms with Gasteiger partial charge in [0.2, 0.25) is 5.91 Å². The lowest BCUT2D eigenvalue weighted by Gasteiger charge is -2.27. The molecule has 0 saturated heterocycles. The lowest BCUT2D eigenvalue weighted by molar-refractivity contribution is -0.132. The van der Waals surface area contributed by atoms with Gasteiger partial charge >= 0.3 is 0 Å². The maximum atomic E-state index is 12.3. The maximum Gasteiger partial charge on any atom is 0.249 e. The predicted molar refractivity (Wildman–Crippen MR) is 182 cm³/mol. The van der Waals surface area contributed by atoms with Crippen LogP contribution in [0.1, 0.15) is 200 Å². The van der Waals surface area contributed by atoms with Gasteiger partial charge in [-0.2, -0.15) is 0 Å². The molecule has 0 bridgehead atoms. The van der Waals surface area contributed by atoms with Crippen LogP contribution in [0, 0.1) is 0 Å². The summed E-state index contributed by atoms with van der Waals surface area (Å²) in [5.41, 5.74) is 0. The highest BCUT2D eigenvalue weighted by atomic mass is 16.3. The van der Waals surface area contributed by atoms with E-state index in [4.69, 9.17) is 0 Å². The van der Waals surface area contributed by atoms with Crippen molar-refractivity contribution in [2.24, 2.45) is 0 Å². The van der Waals surface area contributed by atoms with E-state index in [1.165, 1.54) is 141 Å². The van der Waals surface area contributed by atoms with Gasteiger partial charge in [-0.15, -0.1) is 0 Å². The molecule has 6 heteroatoms. The number of unbranched alkanes of at least 4 members (excludes halogenated alkanes) is 25. The Kier molecular flexibility index (Phi) is 32.2. The summed E-state index contributed by atoms with van der Waals surface area (Å²) in [6.45, 7) is 3.79. The zero-order valence-electron chi connectivity index (χ0n) is 28.7. The summed E-state index contributed by atoms with van der Waals surface area (Å²) in [5.74, 6) is -0.592. The third-order valence-corrected chi connectivity index (χ3v) is 9.07. The number of amides is 1. The molecule has 0 aliphatic rings. The van der Waals surface area contributed by atoms with E-state index in [1.807, 2.05) is 6.92 Å². The fourth-order valence-corrected chi connectivity index (χ4v) is 5.98. The van der Waals surface area contributed by atoms with Gasteiger partial charge in [0.05, 0.1) is 18.8 Å². The number of rotatable bonds is 34. The second kappa shape index (κ2) is 32.7. The average molecular weight is 614 g/mol. The van der Waals surface area contributed by atoms with Crippen molar-refractivity contribution in [3.63, 3.8) is 0 Å². The monoisotopic (exact) mass is 614 g/mol. The van der Waals surface area contributed by atoms with Gasteiger partial charge in [-0.3, -0.25) is 4.79 Å². The van der Waals surface area contributed by atoms with Gasteiger partial charge in [0.15, 0.2) is 0 Å². The predicted octanol–water partition coefficient (Wildman–Crippen LogP) is 8.90. The van der Waals surface area contributed by atoms with Gasteiger partial charge in [0, 0.05) is 0 Å². The van der Waals surface area contributed by atoms with Gasteiger partial charge in [-0.25, -0.2) is 0 Å². The van der Waals surface area contributed by atoms with E-state index >= 15 is 0 Å². The Morgan fingerprint density at radius 3 is 1.14 bits per heavy atom. The minimum Gasteiger partial charge on any atom is -0.394 e. The molecule has 0 aromatic rings. The molecule has 43 heavy (non-hydrogen) atoms. The highest BCUT2D eigenvalue weighted by Crippen LogP contribution is 2.16. The molecule has 0 aromatic carbocycles. The standard InChI is InChI=1S/C37H75NO5/c1-3-5-7-8-9-10-11-12-13-14-15-16-17-18-19-20-21-22-23-24-25-26-27-28-29-31-35(41)37(43)38-33(32-39)36(42)34(40)30-6-4-2/h33-36,39-42H,3-32H2,1-2H3,(H,38,43). The molecule has 0 radical (unpaired) electrons. The van der Waals surface area contributed by atoms with Crippen molar-refractivity contribution >= 4 is 5.91 Å². The molecule has 0 fully saturated rings. The van der Waals surface area contributed by atoms with Gasteiger partial charge in [-0.05, 0) is 12.8 Å². The van der Waals surface area contributed by atoms with Crippen LogP contribution < -0.4 is 5.32 Å². The summed E-state index contributed by atoms with van der Waals surface area (Å²) in [4.78, 5) is 12.3. The number of aliphatic hydroxyl groups is 4. The van der Waals surface area contributed by atoms with E-state index < -0.39 is 36.9 Å². The quantitative estimate of drug-likeness (QED) is 0.0466. The molecule has 4 atom stereocenters. The average Bonchev–Trinajstić information content (AvgIpc) is 3.01. The lowest BCUT2D eigenvalue weighted by atomic mass is 10.0. The summed E-state index contributed by atoms with van der Waals surface area (Å²) >= 11 is 0. The van der Waals surface area contributed by atoms with Crippen LogP contribution in [-0.4, -0.2) is 57.3 Å². The summed E-state index contributed by atoms with van der Waals surface area (Å²) in [6.07, 6.45) is 32.6. The van der Waals surface area contributed by atoms with Crippen LogP contribution in [0.25, 0.3) is 0 Å². The van der Waals surface area contributed by atoms with Crippen LogP contribution in [-0.2, 0) is 4.79 Å². The second-order valence-electron chi connectivity index (χ2n) is 13.3. The largest absolute Gasteiger partial charge is 0.394 e. The summed E-state index contributed by atoms with van der Waals surface area (Å²) in [7, 11) is 0. The van der Waals surface area contributed by atoms with Gasteiger partial charge in [0.1, 0.15) is 12.2 Å². The van der Waals surface area contributed by atoms with Crippen LogP contribution in [0.4, 0.5) is 0 Å². The molecule has 0 spiro atoms. The molecule has 5 N–H and O–H groups in total. The molecule has 4 unspecified atom stereocenters. The van der Waals surface area contributed by atoms with Crippen molar-refractivity contribution in [1.29, 1.82) is 0 Å². The van der Waals surface area contributed by atoms with E-state index in [2.05, 4.69) is 12.2 Å². The van der Waals surface area contributed by atoms with Crippen molar-refractivity contribution < 1.29 is 25.2 Å². The highest BCUT2D eigenvalue weighted by molar-refractivity contribution is 5.80. The van der Waals surface area contributed by atoms with Crippen LogP contribution >= 0.6 is 0 Å². The Labute approximate surface area is 267 Å². The molecule has 258 valence electrons. The first-order valence-corrected chi connectivity index (χ1v) is 18.9. The minimum absolute atomic E-state index is 0.373. The third-order valence-electron chi connectivity index (χ3n) is 9.07.